The van der Waals surface area contributed by atoms with Crippen molar-refractivity contribution in [2.24, 2.45) is 0 Å². The first kappa shape index (κ1) is 20.3. The van der Waals surface area contributed by atoms with Crippen LogP contribution < -0.4 is 4.74 Å². The van der Waals surface area contributed by atoms with Crippen LogP contribution in [0, 0.1) is 0 Å². The van der Waals surface area contributed by atoms with E-state index in [2.05, 4.69) is 0 Å². The van der Waals surface area contributed by atoms with Gasteiger partial charge in [-0.1, -0.05) is 18.5 Å². The fourth-order valence-electron chi connectivity index (χ4n) is 2.29. The van der Waals surface area contributed by atoms with Crippen molar-refractivity contribution in [3.8, 4) is 5.75 Å². The summed E-state index contributed by atoms with van der Waals surface area (Å²) in [7, 11) is 1.69. The van der Waals surface area contributed by atoms with E-state index in [1.54, 1.807) is 48.0 Å². The summed E-state index contributed by atoms with van der Waals surface area (Å²) in [5.74, 6) is -0.368. The van der Waals surface area contributed by atoms with E-state index in [1.165, 1.54) is 0 Å². The number of nitrogens with zero attached hydrogens (tertiary/aromatic N) is 2. The van der Waals surface area contributed by atoms with Crippen molar-refractivity contribution >= 4 is 23.5 Å². The molecule has 7 heteroatoms. The topological polar surface area (TPSA) is 70.1 Å². The number of carboxylic acids is 1. The average molecular weight is 357 g/mol. The summed E-state index contributed by atoms with van der Waals surface area (Å²) in [4.78, 5) is 26.6. The number of hydrogen-bond donors (Lipinski definition) is 1. The van der Waals surface area contributed by atoms with Crippen molar-refractivity contribution in [1.82, 2.24) is 9.80 Å². The second kappa shape index (κ2) is 10.2. The smallest absolute Gasteiger partial charge is 0.317 e. The molecule has 0 aliphatic rings. The Morgan fingerprint density at radius 3 is 2.42 bits per heavy atom. The van der Waals surface area contributed by atoms with Gasteiger partial charge in [-0.3, -0.25) is 14.5 Å². The van der Waals surface area contributed by atoms with Gasteiger partial charge in [0.15, 0.2) is 0 Å². The van der Waals surface area contributed by atoms with Gasteiger partial charge in [0, 0.05) is 12.1 Å². The van der Waals surface area contributed by atoms with Crippen LogP contribution in [0.4, 0.5) is 0 Å². The lowest BCUT2D eigenvalue weighted by Gasteiger charge is -2.29. The van der Waals surface area contributed by atoms with Gasteiger partial charge in [-0.15, -0.1) is 0 Å². The molecule has 0 fully saturated rings. The Balaban J connectivity index is 2.49. The van der Waals surface area contributed by atoms with Gasteiger partial charge in [0.05, 0.1) is 19.1 Å². The van der Waals surface area contributed by atoms with Gasteiger partial charge in [0.25, 0.3) is 0 Å². The summed E-state index contributed by atoms with van der Waals surface area (Å²) in [5, 5.41) is 9.61. The molecule has 1 unspecified atom stereocenters. The number of hydrogen-bond acceptors (Lipinski definition) is 4. The minimum Gasteiger partial charge on any atom is -0.492 e. The summed E-state index contributed by atoms with van der Waals surface area (Å²) in [6.07, 6.45) is 0.786. The molecule has 0 bridgehead atoms. The van der Waals surface area contributed by atoms with Crippen LogP contribution in [0.5, 0.6) is 5.75 Å². The first-order chi connectivity index (χ1) is 11.3. The average Bonchev–Trinajstić information content (AvgIpc) is 2.54. The number of rotatable bonds is 10. The molecule has 1 atom stereocenters. The van der Waals surface area contributed by atoms with Gasteiger partial charge in [0.2, 0.25) is 5.91 Å². The number of carboxylic acid groups (broad SMARTS) is 1. The molecule has 24 heavy (non-hydrogen) atoms. The van der Waals surface area contributed by atoms with Crippen molar-refractivity contribution in [1.29, 1.82) is 0 Å². The lowest BCUT2D eigenvalue weighted by atomic mass is 10.2. The van der Waals surface area contributed by atoms with Crippen LogP contribution in [0.3, 0.4) is 0 Å². The third-order valence-electron chi connectivity index (χ3n) is 3.64. The van der Waals surface area contributed by atoms with Gasteiger partial charge >= 0.3 is 5.97 Å². The lowest BCUT2D eigenvalue weighted by molar-refractivity contribution is -0.141. The molecule has 6 nitrogen and oxygen atoms in total. The first-order valence-electron chi connectivity index (χ1n) is 7.94. The van der Waals surface area contributed by atoms with E-state index < -0.39 is 12.0 Å². The largest absolute Gasteiger partial charge is 0.492 e. The van der Waals surface area contributed by atoms with E-state index in [4.69, 9.17) is 21.4 Å². The van der Waals surface area contributed by atoms with E-state index >= 15 is 0 Å². The summed E-state index contributed by atoms with van der Waals surface area (Å²) in [5.41, 5.74) is 0. The number of benzene rings is 1. The monoisotopic (exact) mass is 356 g/mol. The minimum atomic E-state index is -0.933. The summed E-state index contributed by atoms with van der Waals surface area (Å²) in [6.45, 7) is 4.87. The van der Waals surface area contributed by atoms with Crippen LogP contribution in [0.2, 0.25) is 5.02 Å². The maximum atomic E-state index is 12.4. The Hall–Kier alpha value is -1.79. The van der Waals surface area contributed by atoms with Crippen LogP contribution in [-0.4, -0.2) is 66.1 Å². The zero-order valence-electron chi connectivity index (χ0n) is 14.4. The van der Waals surface area contributed by atoms with Crippen LogP contribution in [0.1, 0.15) is 20.3 Å². The van der Waals surface area contributed by atoms with Crippen LogP contribution in [-0.2, 0) is 9.59 Å². The number of carbonyl (C=O) groups is 2. The second-order valence-electron chi connectivity index (χ2n) is 5.60. The molecule has 0 heterocycles. The van der Waals surface area contributed by atoms with Crippen molar-refractivity contribution < 1.29 is 19.4 Å². The van der Waals surface area contributed by atoms with Crippen molar-refractivity contribution in [3.05, 3.63) is 29.3 Å². The standard InChI is InChI=1S/C17H25ClN2O4/c1-4-9-20(12-16(21)22)13(2)17(23)19(3)10-11-24-15-7-5-14(18)6-8-15/h5-8,13H,4,9-12H2,1-3H3,(H,21,22). The minimum absolute atomic E-state index is 0.121. The molecule has 1 N–H and O–H groups in total. The Kier molecular flexibility index (Phi) is 8.57. The lowest BCUT2D eigenvalue weighted by Crippen LogP contribution is -2.48. The van der Waals surface area contributed by atoms with Crippen LogP contribution >= 0.6 is 11.6 Å². The third-order valence-corrected chi connectivity index (χ3v) is 3.89. The maximum Gasteiger partial charge on any atom is 0.317 e. The van der Waals surface area contributed by atoms with Crippen LogP contribution in [0.25, 0.3) is 0 Å². The Labute approximate surface area is 147 Å². The number of ether oxygens (including phenoxy) is 1. The van der Waals surface area contributed by atoms with E-state index in [1.807, 2.05) is 6.92 Å². The molecular weight excluding hydrogens is 332 g/mol. The Morgan fingerprint density at radius 2 is 1.88 bits per heavy atom. The highest BCUT2D eigenvalue weighted by molar-refractivity contribution is 6.30. The second-order valence-corrected chi connectivity index (χ2v) is 6.04. The quantitative estimate of drug-likeness (QED) is 0.697. The highest BCUT2D eigenvalue weighted by Gasteiger charge is 2.25. The van der Waals surface area contributed by atoms with Crippen LogP contribution in [0.15, 0.2) is 24.3 Å². The molecule has 1 aromatic carbocycles. The zero-order chi connectivity index (χ0) is 18.1. The van der Waals surface area contributed by atoms with Crippen molar-refractivity contribution in [2.75, 3.05) is 33.3 Å². The molecule has 0 radical (unpaired) electrons. The van der Waals surface area contributed by atoms with Gasteiger partial charge in [-0.25, -0.2) is 0 Å². The number of amides is 1. The summed E-state index contributed by atoms with van der Waals surface area (Å²) < 4.78 is 5.57. The molecule has 0 aromatic heterocycles. The SMILES string of the molecule is CCCN(CC(=O)O)C(C)C(=O)N(C)CCOc1ccc(Cl)cc1. The molecule has 0 aliphatic heterocycles. The Bertz CT molecular complexity index is 536. The molecule has 1 rings (SSSR count). The number of carbonyl (C=O) groups excluding carboxylic acids is 1. The molecule has 1 amide bonds. The Morgan fingerprint density at radius 1 is 1.25 bits per heavy atom. The molecular formula is C17H25ClN2O4. The van der Waals surface area contributed by atoms with Gasteiger partial charge in [-0.05, 0) is 44.2 Å². The number of aliphatic carboxylic acids is 1. The van der Waals surface area contributed by atoms with E-state index in [9.17, 15) is 9.59 Å². The molecule has 1 aromatic rings. The molecule has 0 saturated carbocycles. The highest BCUT2D eigenvalue weighted by Crippen LogP contribution is 2.15. The summed E-state index contributed by atoms with van der Waals surface area (Å²) in [6, 6.07) is 6.53. The van der Waals surface area contributed by atoms with Crippen molar-refractivity contribution in [2.45, 2.75) is 26.3 Å². The van der Waals surface area contributed by atoms with Gasteiger partial charge < -0.3 is 14.7 Å². The molecule has 0 aliphatic carbocycles. The van der Waals surface area contributed by atoms with Crippen molar-refractivity contribution in [3.63, 3.8) is 0 Å². The first-order valence-corrected chi connectivity index (χ1v) is 8.32. The molecule has 134 valence electrons. The predicted octanol–water partition coefficient (Wildman–Crippen LogP) is 2.36. The van der Waals surface area contributed by atoms with E-state index in [-0.39, 0.29) is 12.5 Å². The highest BCUT2D eigenvalue weighted by atomic mass is 35.5. The van der Waals surface area contributed by atoms with Gasteiger partial charge in [0.1, 0.15) is 12.4 Å². The zero-order valence-corrected chi connectivity index (χ0v) is 15.1. The van der Waals surface area contributed by atoms with Gasteiger partial charge in [-0.2, -0.15) is 0 Å². The maximum absolute atomic E-state index is 12.4. The summed E-state index contributed by atoms with van der Waals surface area (Å²) >= 11 is 5.81. The molecule has 0 saturated heterocycles. The van der Waals surface area contributed by atoms with E-state index in [0.717, 1.165) is 6.42 Å². The molecule has 0 spiro atoms. The van der Waals surface area contributed by atoms with E-state index in [0.29, 0.717) is 30.5 Å². The number of halogens is 1. The number of likely N-dealkylation sites (N-methyl/N-ethyl adjacent to an activating group) is 1. The fraction of sp³-hybridized carbons (Fsp3) is 0.529. The normalized spacial score (nSPS) is 12.0. The third kappa shape index (κ3) is 6.76. The predicted molar refractivity (Wildman–Crippen MR) is 93.5 cm³/mol. The fourth-order valence-corrected chi connectivity index (χ4v) is 2.41.